The highest BCUT2D eigenvalue weighted by molar-refractivity contribution is 5.93. The van der Waals surface area contributed by atoms with Gasteiger partial charge in [-0.3, -0.25) is 9.78 Å². The van der Waals surface area contributed by atoms with Crippen LogP contribution in [0, 0.1) is 11.7 Å². The molecule has 1 fully saturated rings. The van der Waals surface area contributed by atoms with Gasteiger partial charge in [0.2, 0.25) is 0 Å². The summed E-state index contributed by atoms with van der Waals surface area (Å²) in [6.07, 6.45) is 7.81. The second-order valence-electron chi connectivity index (χ2n) is 6.50. The van der Waals surface area contributed by atoms with Crippen LogP contribution in [0.1, 0.15) is 48.2 Å². The largest absolute Gasteiger partial charge is 0.487 e. The van der Waals surface area contributed by atoms with Gasteiger partial charge in [-0.1, -0.05) is 25.3 Å². The van der Waals surface area contributed by atoms with Gasteiger partial charge in [0.25, 0.3) is 5.91 Å². The Balaban J connectivity index is 1.48. The molecule has 1 saturated carbocycles. The van der Waals surface area contributed by atoms with E-state index in [2.05, 4.69) is 10.3 Å². The Bertz CT molecular complexity index is 697. The minimum Gasteiger partial charge on any atom is -0.487 e. The minimum absolute atomic E-state index is 0.0873. The van der Waals surface area contributed by atoms with Crippen LogP contribution in [0.25, 0.3) is 0 Å². The molecule has 25 heavy (non-hydrogen) atoms. The molecule has 1 N–H and O–H groups in total. The smallest absolute Gasteiger partial charge is 0.252 e. The van der Waals surface area contributed by atoms with Crippen molar-refractivity contribution in [2.75, 3.05) is 6.54 Å². The molecule has 1 heterocycles. The number of hydrogen-bond acceptors (Lipinski definition) is 3. The maximum atomic E-state index is 13.1. The van der Waals surface area contributed by atoms with Crippen molar-refractivity contribution in [3.63, 3.8) is 0 Å². The Morgan fingerprint density at radius 1 is 1.20 bits per heavy atom. The standard InChI is InChI=1S/C20H23FN2O2/c21-17-7-4-8-19(11-17)25-14-18-10-9-16(13-22-18)20(24)23-12-15-5-2-1-3-6-15/h4,7-11,13,15H,1-3,5-6,12,14H2,(H,23,24). The van der Waals surface area contributed by atoms with Gasteiger partial charge in [-0.25, -0.2) is 4.39 Å². The highest BCUT2D eigenvalue weighted by Crippen LogP contribution is 2.22. The van der Waals surface area contributed by atoms with E-state index in [0.717, 1.165) is 6.54 Å². The molecule has 0 saturated heterocycles. The molecule has 1 aromatic heterocycles. The van der Waals surface area contributed by atoms with Gasteiger partial charge in [0, 0.05) is 18.8 Å². The van der Waals surface area contributed by atoms with Crippen molar-refractivity contribution in [2.24, 2.45) is 5.92 Å². The fourth-order valence-corrected chi connectivity index (χ4v) is 3.09. The topological polar surface area (TPSA) is 51.2 Å². The zero-order chi connectivity index (χ0) is 17.5. The number of ether oxygens (including phenoxy) is 1. The molecule has 1 aromatic carbocycles. The number of pyridine rings is 1. The van der Waals surface area contributed by atoms with Crippen LogP contribution in [0.4, 0.5) is 4.39 Å². The van der Waals surface area contributed by atoms with E-state index >= 15 is 0 Å². The predicted octanol–water partition coefficient (Wildman–Crippen LogP) is 4.11. The van der Waals surface area contributed by atoms with Crippen LogP contribution in [0.2, 0.25) is 0 Å². The number of benzene rings is 1. The molecule has 0 atom stereocenters. The van der Waals surface area contributed by atoms with E-state index < -0.39 is 0 Å². The van der Waals surface area contributed by atoms with Crippen LogP contribution in [-0.4, -0.2) is 17.4 Å². The first kappa shape index (κ1) is 17.4. The first-order valence-corrected chi connectivity index (χ1v) is 8.82. The zero-order valence-corrected chi connectivity index (χ0v) is 14.2. The van der Waals surface area contributed by atoms with E-state index in [1.54, 1.807) is 30.5 Å². The number of carbonyl (C=O) groups excluding carboxylic acids is 1. The second-order valence-corrected chi connectivity index (χ2v) is 6.50. The lowest BCUT2D eigenvalue weighted by atomic mass is 9.89. The van der Waals surface area contributed by atoms with Crippen LogP contribution in [0.15, 0.2) is 42.6 Å². The summed E-state index contributed by atoms with van der Waals surface area (Å²) in [6.45, 7) is 0.969. The molecule has 0 unspecified atom stereocenters. The summed E-state index contributed by atoms with van der Waals surface area (Å²) in [5, 5.41) is 3.00. The molecule has 0 radical (unpaired) electrons. The molecule has 1 aliphatic carbocycles. The second kappa shape index (κ2) is 8.60. The number of carbonyl (C=O) groups is 1. The van der Waals surface area contributed by atoms with Crippen LogP contribution < -0.4 is 10.1 Å². The predicted molar refractivity (Wildman–Crippen MR) is 93.9 cm³/mol. The minimum atomic E-state index is -0.338. The van der Waals surface area contributed by atoms with Gasteiger partial charge < -0.3 is 10.1 Å². The molecule has 2 aromatic rings. The third-order valence-corrected chi connectivity index (χ3v) is 4.55. The summed E-state index contributed by atoms with van der Waals surface area (Å²) < 4.78 is 18.6. The van der Waals surface area contributed by atoms with Crippen molar-refractivity contribution in [3.8, 4) is 5.75 Å². The average Bonchev–Trinajstić information content (AvgIpc) is 2.66. The van der Waals surface area contributed by atoms with Gasteiger partial charge >= 0.3 is 0 Å². The van der Waals surface area contributed by atoms with Gasteiger partial charge in [-0.15, -0.1) is 0 Å². The van der Waals surface area contributed by atoms with Crippen molar-refractivity contribution in [2.45, 2.75) is 38.7 Å². The normalized spacial score (nSPS) is 14.9. The Kier molecular flexibility index (Phi) is 5.99. The molecule has 132 valence electrons. The van der Waals surface area contributed by atoms with E-state index in [1.807, 2.05) is 0 Å². The van der Waals surface area contributed by atoms with Crippen molar-refractivity contribution >= 4 is 5.91 Å². The lowest BCUT2D eigenvalue weighted by Crippen LogP contribution is -2.30. The molecule has 0 spiro atoms. The Hall–Kier alpha value is -2.43. The molecular formula is C20H23FN2O2. The molecule has 1 amide bonds. The van der Waals surface area contributed by atoms with Crippen LogP contribution in [0.5, 0.6) is 5.75 Å². The Morgan fingerprint density at radius 3 is 2.76 bits per heavy atom. The summed E-state index contributed by atoms with van der Waals surface area (Å²) in [4.78, 5) is 16.4. The SMILES string of the molecule is O=C(NCC1CCCCC1)c1ccc(COc2cccc(F)c2)nc1. The van der Waals surface area contributed by atoms with Gasteiger partial charge in [0.05, 0.1) is 11.3 Å². The molecule has 1 aliphatic rings. The van der Waals surface area contributed by atoms with E-state index in [1.165, 1.54) is 44.2 Å². The lowest BCUT2D eigenvalue weighted by Gasteiger charge is -2.21. The average molecular weight is 342 g/mol. The Labute approximate surface area is 147 Å². The highest BCUT2D eigenvalue weighted by Gasteiger charge is 2.15. The number of halogens is 1. The highest BCUT2D eigenvalue weighted by atomic mass is 19.1. The molecule has 3 rings (SSSR count). The van der Waals surface area contributed by atoms with Crippen molar-refractivity contribution in [3.05, 3.63) is 59.7 Å². The van der Waals surface area contributed by atoms with Gasteiger partial charge in [0.15, 0.2) is 0 Å². The molecule has 4 nitrogen and oxygen atoms in total. The summed E-state index contributed by atoms with van der Waals surface area (Å²) >= 11 is 0. The fraction of sp³-hybridized carbons (Fsp3) is 0.400. The maximum absolute atomic E-state index is 13.1. The number of rotatable bonds is 6. The van der Waals surface area contributed by atoms with E-state index in [9.17, 15) is 9.18 Å². The van der Waals surface area contributed by atoms with Crippen LogP contribution in [0.3, 0.4) is 0 Å². The zero-order valence-electron chi connectivity index (χ0n) is 14.2. The third-order valence-electron chi connectivity index (χ3n) is 4.55. The lowest BCUT2D eigenvalue weighted by molar-refractivity contribution is 0.0943. The van der Waals surface area contributed by atoms with Gasteiger partial charge in [-0.05, 0) is 43.0 Å². The number of nitrogens with zero attached hydrogens (tertiary/aromatic N) is 1. The number of nitrogens with one attached hydrogen (secondary N) is 1. The Morgan fingerprint density at radius 2 is 2.04 bits per heavy atom. The third kappa shape index (κ3) is 5.28. The monoisotopic (exact) mass is 342 g/mol. The van der Waals surface area contributed by atoms with E-state index in [0.29, 0.717) is 22.9 Å². The number of hydrogen-bond donors (Lipinski definition) is 1. The van der Waals surface area contributed by atoms with E-state index in [4.69, 9.17) is 4.74 Å². The van der Waals surface area contributed by atoms with Crippen molar-refractivity contribution in [1.29, 1.82) is 0 Å². The molecule has 0 bridgehead atoms. The van der Waals surface area contributed by atoms with E-state index in [-0.39, 0.29) is 18.3 Å². The van der Waals surface area contributed by atoms with Crippen molar-refractivity contribution in [1.82, 2.24) is 10.3 Å². The molecule has 0 aliphatic heterocycles. The quantitative estimate of drug-likeness (QED) is 0.859. The molecule has 5 heteroatoms. The fourth-order valence-electron chi connectivity index (χ4n) is 3.09. The maximum Gasteiger partial charge on any atom is 0.252 e. The summed E-state index contributed by atoms with van der Waals surface area (Å²) in [7, 11) is 0. The summed E-state index contributed by atoms with van der Waals surface area (Å²) in [5.41, 5.74) is 1.23. The first-order valence-electron chi connectivity index (χ1n) is 8.82. The van der Waals surface area contributed by atoms with Gasteiger partial charge in [0.1, 0.15) is 18.2 Å². The molecular weight excluding hydrogens is 319 g/mol. The summed E-state index contributed by atoms with van der Waals surface area (Å²) in [6, 6.07) is 9.48. The number of aromatic nitrogens is 1. The van der Waals surface area contributed by atoms with Crippen LogP contribution >= 0.6 is 0 Å². The first-order chi connectivity index (χ1) is 12.2. The van der Waals surface area contributed by atoms with Crippen molar-refractivity contribution < 1.29 is 13.9 Å². The number of amides is 1. The van der Waals surface area contributed by atoms with Gasteiger partial charge in [-0.2, -0.15) is 0 Å². The summed E-state index contributed by atoms with van der Waals surface area (Å²) in [5.74, 6) is 0.631. The van der Waals surface area contributed by atoms with Crippen LogP contribution in [-0.2, 0) is 6.61 Å².